The van der Waals surface area contributed by atoms with Crippen LogP contribution >= 0.6 is 23.1 Å². The van der Waals surface area contributed by atoms with Crippen LogP contribution in [0.15, 0.2) is 93.2 Å². The fraction of sp³-hybridized carbons (Fsp3) is 0.111. The molecule has 0 aliphatic heterocycles. The molecule has 3 aromatic carbocycles. The molecule has 36 heavy (non-hydrogen) atoms. The summed E-state index contributed by atoms with van der Waals surface area (Å²) < 4.78 is 24.8. The fourth-order valence-corrected chi connectivity index (χ4v) is 5.44. The van der Waals surface area contributed by atoms with Gasteiger partial charge in [-0.25, -0.2) is 9.50 Å². The fourth-order valence-electron chi connectivity index (χ4n) is 3.81. The van der Waals surface area contributed by atoms with E-state index in [2.05, 4.69) is 46.5 Å². The number of furan rings is 1. The monoisotopic (exact) mass is 515 g/mol. The third kappa shape index (κ3) is 4.50. The number of benzene rings is 3. The third-order valence-corrected chi connectivity index (χ3v) is 7.41. The van der Waals surface area contributed by atoms with Crippen LogP contribution < -0.4 is 14.2 Å². The van der Waals surface area contributed by atoms with Gasteiger partial charge in [-0.2, -0.15) is 0 Å². The van der Waals surface area contributed by atoms with Crippen molar-refractivity contribution in [2.75, 3.05) is 14.2 Å². The Bertz CT molecular complexity index is 1620. The maximum Gasteiger partial charge on any atom is 0.294 e. The number of fused-ring (bicyclic) bond motifs is 2. The number of hydrogen-bond donors (Lipinski definition) is 0. The zero-order chi connectivity index (χ0) is 24.5. The number of nitrogens with zero attached hydrogens (tertiary/aromatic N) is 3. The molecule has 9 heteroatoms. The molecule has 0 amide bonds. The van der Waals surface area contributed by atoms with Crippen LogP contribution in [0.5, 0.6) is 16.7 Å². The first kappa shape index (κ1) is 22.5. The highest BCUT2D eigenvalue weighted by molar-refractivity contribution is 7.99. The summed E-state index contributed by atoms with van der Waals surface area (Å²) in [4.78, 5) is 7.71. The molecule has 6 rings (SSSR count). The lowest BCUT2D eigenvalue weighted by molar-refractivity contribution is 0.307. The lowest BCUT2D eigenvalue weighted by Gasteiger charge is -2.10. The van der Waals surface area contributed by atoms with E-state index in [1.54, 1.807) is 30.5 Å². The summed E-state index contributed by atoms with van der Waals surface area (Å²) in [6.45, 7) is 0.413. The van der Waals surface area contributed by atoms with E-state index in [-0.39, 0.29) is 0 Å². The summed E-state index contributed by atoms with van der Waals surface area (Å²) in [6.07, 6.45) is 1.82. The Morgan fingerprint density at radius 1 is 0.944 bits per heavy atom. The van der Waals surface area contributed by atoms with Crippen molar-refractivity contribution in [3.63, 3.8) is 0 Å². The minimum atomic E-state index is 0.413. The van der Waals surface area contributed by atoms with Gasteiger partial charge in [0, 0.05) is 21.9 Å². The summed E-state index contributed by atoms with van der Waals surface area (Å²) in [5.74, 6) is 1.96. The van der Waals surface area contributed by atoms with Crippen LogP contribution in [-0.4, -0.2) is 28.8 Å². The van der Waals surface area contributed by atoms with Crippen LogP contribution in [0, 0.1) is 0 Å². The molecule has 0 aliphatic rings. The van der Waals surface area contributed by atoms with Crippen molar-refractivity contribution in [3.8, 4) is 28.1 Å². The van der Waals surface area contributed by atoms with Gasteiger partial charge in [0.15, 0.2) is 5.76 Å². The molecule has 0 radical (unpaired) electrons. The molecule has 7 nitrogen and oxygen atoms in total. The zero-order valence-corrected chi connectivity index (χ0v) is 21.1. The highest BCUT2D eigenvalue weighted by Gasteiger charge is 2.17. The van der Waals surface area contributed by atoms with Crippen LogP contribution in [0.25, 0.3) is 27.4 Å². The van der Waals surface area contributed by atoms with Crippen LogP contribution in [0.4, 0.5) is 0 Å². The van der Waals surface area contributed by atoms with Gasteiger partial charge in [-0.1, -0.05) is 42.1 Å². The second-order valence-corrected chi connectivity index (χ2v) is 9.99. The molecule has 0 aliphatic carbocycles. The Hall–Kier alpha value is -3.95. The number of imidazole rings is 1. The Morgan fingerprint density at radius 2 is 1.81 bits per heavy atom. The predicted molar refractivity (Wildman–Crippen MR) is 141 cm³/mol. The van der Waals surface area contributed by atoms with E-state index in [1.807, 2.05) is 42.6 Å². The SMILES string of the molecule is COc1cc(OCc2cccc(Sc3ccccc3)c2)c2cc(-c3cn4nc(OC)sc4n3)oc2c1. The second-order valence-electron chi connectivity index (χ2n) is 7.92. The van der Waals surface area contributed by atoms with Gasteiger partial charge in [-0.05, 0) is 47.2 Å². The molecular formula is C27H21N3O4S2. The molecule has 180 valence electrons. The van der Waals surface area contributed by atoms with Crippen molar-refractivity contribution in [1.82, 2.24) is 14.6 Å². The van der Waals surface area contributed by atoms with Gasteiger partial charge in [0.25, 0.3) is 5.19 Å². The maximum atomic E-state index is 6.27. The van der Waals surface area contributed by atoms with Crippen molar-refractivity contribution in [2.24, 2.45) is 0 Å². The molecule has 0 spiro atoms. The van der Waals surface area contributed by atoms with Gasteiger partial charge in [-0.15, -0.1) is 5.10 Å². The molecule has 0 fully saturated rings. The van der Waals surface area contributed by atoms with Crippen LogP contribution in [0.2, 0.25) is 0 Å². The first-order valence-corrected chi connectivity index (χ1v) is 12.8. The molecular weight excluding hydrogens is 494 g/mol. The first-order valence-electron chi connectivity index (χ1n) is 11.2. The van der Waals surface area contributed by atoms with Gasteiger partial charge in [-0.3, -0.25) is 0 Å². The highest BCUT2D eigenvalue weighted by Crippen LogP contribution is 2.38. The van der Waals surface area contributed by atoms with Crippen molar-refractivity contribution in [1.29, 1.82) is 0 Å². The molecule has 6 aromatic rings. The van der Waals surface area contributed by atoms with E-state index in [0.717, 1.165) is 20.8 Å². The highest BCUT2D eigenvalue weighted by atomic mass is 32.2. The summed E-state index contributed by atoms with van der Waals surface area (Å²) in [6, 6.07) is 24.4. The van der Waals surface area contributed by atoms with E-state index in [4.69, 9.17) is 18.6 Å². The van der Waals surface area contributed by atoms with Crippen molar-refractivity contribution >= 4 is 39.0 Å². The standard InChI is InChI=1S/C27H21N3O4S2/c1-31-18-12-23(33-16-17-7-6-10-20(11-17)35-19-8-4-3-5-9-19)21-14-25(34-24(21)13-18)22-15-30-26(28-22)36-27(29-30)32-2/h3-15H,16H2,1-2H3. The van der Waals surface area contributed by atoms with Crippen LogP contribution in [0.1, 0.15) is 5.56 Å². The largest absolute Gasteiger partial charge is 0.496 e. The lowest BCUT2D eigenvalue weighted by atomic mass is 10.2. The summed E-state index contributed by atoms with van der Waals surface area (Å²) in [7, 11) is 3.22. The van der Waals surface area contributed by atoms with E-state index in [0.29, 0.717) is 40.3 Å². The third-order valence-electron chi connectivity index (χ3n) is 5.53. The molecule has 0 saturated carbocycles. The minimum absolute atomic E-state index is 0.413. The van der Waals surface area contributed by atoms with E-state index in [9.17, 15) is 0 Å². The number of hydrogen-bond acceptors (Lipinski definition) is 8. The van der Waals surface area contributed by atoms with E-state index in [1.165, 1.54) is 16.2 Å². The number of methoxy groups -OCH3 is 2. The molecule has 0 unspecified atom stereocenters. The van der Waals surface area contributed by atoms with Gasteiger partial charge in [0.1, 0.15) is 29.4 Å². The Morgan fingerprint density at radius 3 is 2.61 bits per heavy atom. The van der Waals surface area contributed by atoms with E-state index >= 15 is 0 Å². The molecule has 3 aromatic heterocycles. The van der Waals surface area contributed by atoms with Gasteiger partial charge in [0.2, 0.25) is 4.96 Å². The van der Waals surface area contributed by atoms with Gasteiger partial charge >= 0.3 is 0 Å². The van der Waals surface area contributed by atoms with Crippen LogP contribution in [-0.2, 0) is 6.61 Å². The normalized spacial score (nSPS) is 11.3. The minimum Gasteiger partial charge on any atom is -0.496 e. The Labute approximate surface area is 215 Å². The second kappa shape index (κ2) is 9.60. The average Bonchev–Trinajstić information content (AvgIpc) is 3.61. The van der Waals surface area contributed by atoms with Crippen molar-refractivity contribution in [2.45, 2.75) is 16.4 Å². The van der Waals surface area contributed by atoms with Crippen molar-refractivity contribution in [3.05, 3.63) is 84.6 Å². The molecule has 0 saturated heterocycles. The molecule has 3 heterocycles. The number of ether oxygens (including phenoxy) is 3. The lowest BCUT2D eigenvalue weighted by Crippen LogP contribution is -1.96. The van der Waals surface area contributed by atoms with E-state index < -0.39 is 0 Å². The average molecular weight is 516 g/mol. The zero-order valence-electron chi connectivity index (χ0n) is 19.5. The maximum absolute atomic E-state index is 6.27. The summed E-state index contributed by atoms with van der Waals surface area (Å²) in [5.41, 5.74) is 2.42. The summed E-state index contributed by atoms with van der Waals surface area (Å²) >= 11 is 3.09. The Kier molecular flexibility index (Phi) is 6.00. The van der Waals surface area contributed by atoms with Gasteiger partial charge < -0.3 is 18.6 Å². The van der Waals surface area contributed by atoms with Crippen LogP contribution in [0.3, 0.4) is 0 Å². The topological polar surface area (TPSA) is 71.0 Å². The molecule has 0 bridgehead atoms. The number of rotatable bonds is 8. The van der Waals surface area contributed by atoms with Gasteiger partial charge in [0.05, 0.1) is 25.8 Å². The summed E-state index contributed by atoms with van der Waals surface area (Å²) in [5, 5.41) is 5.74. The number of aromatic nitrogens is 3. The quantitative estimate of drug-likeness (QED) is 0.217. The first-order chi connectivity index (χ1) is 17.7. The van der Waals surface area contributed by atoms with Crippen molar-refractivity contribution < 1.29 is 18.6 Å². The molecule has 0 atom stereocenters. The Balaban J connectivity index is 1.27. The smallest absolute Gasteiger partial charge is 0.294 e. The predicted octanol–water partition coefficient (Wildman–Crippen LogP) is 6.95. The molecule has 0 N–H and O–H groups in total.